The molecule has 0 aliphatic carbocycles. The van der Waals surface area contributed by atoms with Gasteiger partial charge in [0, 0.05) is 13.1 Å². The molecule has 0 amide bonds. The van der Waals surface area contributed by atoms with Gasteiger partial charge in [-0.25, -0.2) is 0 Å². The van der Waals surface area contributed by atoms with Crippen molar-refractivity contribution in [3.05, 3.63) is 37.6 Å². The van der Waals surface area contributed by atoms with Gasteiger partial charge in [0.2, 0.25) is 0 Å². The second kappa shape index (κ2) is 8.37. The van der Waals surface area contributed by atoms with Crippen LogP contribution in [-0.4, -0.2) is 29.6 Å². The van der Waals surface area contributed by atoms with Gasteiger partial charge in [-0.05, 0) is 0 Å². The summed E-state index contributed by atoms with van der Waals surface area (Å²) in [6, 6.07) is 0. The summed E-state index contributed by atoms with van der Waals surface area (Å²) in [7, 11) is 0. The van der Waals surface area contributed by atoms with Crippen LogP contribution in [0.4, 0.5) is 0 Å². The average molecular weight is 190 g/mol. The molecular weight excluding hydrogens is 174 g/mol. The van der Waals surface area contributed by atoms with E-state index in [2.05, 4.69) is 19.7 Å². The minimum atomic E-state index is 0. The first-order chi connectivity index (χ1) is 5.20. The second-order valence-electron chi connectivity index (χ2n) is 2.34. The number of nitrogens with zero attached hydrogens (tertiary/aromatic N) is 1. The summed E-state index contributed by atoms with van der Waals surface area (Å²) in [6.07, 6.45) is 3.57. The maximum absolute atomic E-state index is 8.87. The minimum absolute atomic E-state index is 0. The monoisotopic (exact) mass is 189 g/mol. The summed E-state index contributed by atoms with van der Waals surface area (Å²) in [5.41, 5.74) is 0. The average Bonchev–Trinajstić information content (AvgIpc) is 1.87. The van der Waals surface area contributed by atoms with Gasteiger partial charge >= 0.3 is 0 Å². The van der Waals surface area contributed by atoms with Crippen molar-refractivity contribution in [2.75, 3.05) is 19.6 Å². The highest BCUT2D eigenvalue weighted by Gasteiger charge is 2.00. The lowest BCUT2D eigenvalue weighted by Crippen LogP contribution is -2.25. The molecule has 0 bridgehead atoms. The maximum Gasteiger partial charge on any atom is 0.0991 e. The number of hydrogen-bond acceptors (Lipinski definition) is 2. The van der Waals surface area contributed by atoms with E-state index in [0.717, 1.165) is 13.1 Å². The predicted molar refractivity (Wildman–Crippen MR) is 55.9 cm³/mol. The lowest BCUT2D eigenvalue weighted by molar-refractivity contribution is 0.290. The predicted octanol–water partition coefficient (Wildman–Crippen LogP) is 2.15. The van der Waals surface area contributed by atoms with Crippen molar-refractivity contribution in [1.82, 2.24) is 4.90 Å². The second-order valence-corrected chi connectivity index (χ2v) is 2.34. The topological polar surface area (TPSA) is 23.5 Å². The summed E-state index contributed by atoms with van der Waals surface area (Å²) in [5.74, 6) is 0.175. The molecule has 0 saturated carbocycles. The molecule has 0 aliphatic rings. The molecule has 0 heterocycles. The molecule has 0 atom stereocenters. The molecule has 0 aliphatic heterocycles. The van der Waals surface area contributed by atoms with Crippen molar-refractivity contribution in [3.63, 3.8) is 0 Å². The largest absolute Gasteiger partial charge is 0.512 e. The summed E-state index contributed by atoms with van der Waals surface area (Å²) >= 11 is 0. The third kappa shape index (κ3) is 7.38. The van der Waals surface area contributed by atoms with Crippen LogP contribution < -0.4 is 0 Å². The Morgan fingerprint density at radius 2 is 1.67 bits per heavy atom. The molecule has 0 aromatic carbocycles. The molecule has 0 radical (unpaired) electrons. The normalized spacial score (nSPS) is 8.75. The molecule has 0 aromatic rings. The molecule has 2 nitrogen and oxygen atoms in total. The molecule has 3 heteroatoms. The van der Waals surface area contributed by atoms with Gasteiger partial charge in [0.15, 0.2) is 0 Å². The number of rotatable bonds is 6. The van der Waals surface area contributed by atoms with E-state index in [-0.39, 0.29) is 18.2 Å². The van der Waals surface area contributed by atoms with E-state index in [0.29, 0.717) is 6.54 Å². The Labute approximate surface area is 80.3 Å². The highest BCUT2D eigenvalue weighted by molar-refractivity contribution is 5.85. The summed E-state index contributed by atoms with van der Waals surface area (Å²) in [5, 5.41) is 8.87. The molecule has 0 spiro atoms. The van der Waals surface area contributed by atoms with Crippen molar-refractivity contribution >= 4 is 12.4 Å². The first-order valence-electron chi connectivity index (χ1n) is 3.51. The zero-order valence-electron chi connectivity index (χ0n) is 7.20. The molecular formula is C9H16ClNO. The Bertz CT molecular complexity index is 147. The Morgan fingerprint density at radius 1 is 1.25 bits per heavy atom. The Morgan fingerprint density at radius 3 is 1.92 bits per heavy atom. The quantitative estimate of drug-likeness (QED) is 0.511. The van der Waals surface area contributed by atoms with Crippen molar-refractivity contribution in [2.24, 2.45) is 0 Å². The summed E-state index contributed by atoms with van der Waals surface area (Å²) < 4.78 is 0. The van der Waals surface area contributed by atoms with Crippen molar-refractivity contribution in [3.8, 4) is 0 Å². The first kappa shape index (κ1) is 13.8. The molecule has 0 fully saturated rings. The highest BCUT2D eigenvalue weighted by Crippen LogP contribution is 1.93. The van der Waals surface area contributed by atoms with Gasteiger partial charge in [0.05, 0.1) is 12.3 Å². The van der Waals surface area contributed by atoms with Crippen molar-refractivity contribution in [2.45, 2.75) is 0 Å². The smallest absolute Gasteiger partial charge is 0.0991 e. The fraction of sp³-hybridized carbons (Fsp3) is 0.333. The van der Waals surface area contributed by atoms with Crippen LogP contribution in [0.3, 0.4) is 0 Å². The van der Waals surface area contributed by atoms with E-state index in [9.17, 15) is 0 Å². The molecule has 12 heavy (non-hydrogen) atoms. The van der Waals surface area contributed by atoms with Crippen LogP contribution in [0.1, 0.15) is 0 Å². The Kier molecular flexibility index (Phi) is 9.65. The van der Waals surface area contributed by atoms with Gasteiger partial charge < -0.3 is 5.11 Å². The lowest BCUT2D eigenvalue weighted by atomic mass is 10.4. The zero-order chi connectivity index (χ0) is 8.69. The van der Waals surface area contributed by atoms with E-state index in [4.69, 9.17) is 5.11 Å². The van der Waals surface area contributed by atoms with Crippen LogP contribution in [0.2, 0.25) is 0 Å². The summed E-state index contributed by atoms with van der Waals surface area (Å²) in [6.45, 7) is 12.6. The zero-order valence-corrected chi connectivity index (χ0v) is 8.02. The van der Waals surface area contributed by atoms with Gasteiger partial charge in [-0.3, -0.25) is 4.90 Å². The molecule has 0 aromatic heterocycles. The van der Waals surface area contributed by atoms with E-state index >= 15 is 0 Å². The van der Waals surface area contributed by atoms with Crippen molar-refractivity contribution in [1.29, 1.82) is 0 Å². The molecule has 1 N–H and O–H groups in total. The minimum Gasteiger partial charge on any atom is -0.512 e. The number of hydrogen-bond donors (Lipinski definition) is 1. The Hall–Kier alpha value is -0.730. The molecule has 0 unspecified atom stereocenters. The van der Waals surface area contributed by atoms with E-state index in [1.165, 1.54) is 0 Å². The van der Waals surface area contributed by atoms with E-state index < -0.39 is 0 Å². The third-order valence-electron chi connectivity index (χ3n) is 1.18. The standard InChI is InChI=1S/C9H15NO.ClH/c1-4-6-10(7-5-2)8-9(3)11;/h4-5,11H,1-3,6-8H2;1H. The third-order valence-corrected chi connectivity index (χ3v) is 1.18. The van der Waals surface area contributed by atoms with Crippen LogP contribution in [0.15, 0.2) is 37.6 Å². The fourth-order valence-corrected chi connectivity index (χ4v) is 0.827. The van der Waals surface area contributed by atoms with Crippen LogP contribution in [0, 0.1) is 0 Å². The van der Waals surface area contributed by atoms with Gasteiger partial charge in [-0.1, -0.05) is 18.7 Å². The van der Waals surface area contributed by atoms with Gasteiger partial charge in [0.1, 0.15) is 0 Å². The Balaban J connectivity index is 0. The number of aliphatic hydroxyl groups excluding tert-OH is 1. The van der Waals surface area contributed by atoms with Crippen LogP contribution in [-0.2, 0) is 0 Å². The van der Waals surface area contributed by atoms with E-state index in [1.807, 2.05) is 4.90 Å². The molecule has 0 rings (SSSR count). The number of halogens is 1. The van der Waals surface area contributed by atoms with Crippen LogP contribution >= 0.6 is 12.4 Å². The van der Waals surface area contributed by atoms with Gasteiger partial charge in [-0.15, -0.1) is 25.6 Å². The van der Waals surface area contributed by atoms with Gasteiger partial charge in [-0.2, -0.15) is 0 Å². The van der Waals surface area contributed by atoms with E-state index in [1.54, 1.807) is 12.2 Å². The van der Waals surface area contributed by atoms with Gasteiger partial charge in [0.25, 0.3) is 0 Å². The lowest BCUT2D eigenvalue weighted by Gasteiger charge is -2.16. The van der Waals surface area contributed by atoms with Crippen LogP contribution in [0.5, 0.6) is 0 Å². The van der Waals surface area contributed by atoms with Crippen LogP contribution in [0.25, 0.3) is 0 Å². The SMILES string of the molecule is C=CCN(CC=C)CC(=C)O.Cl. The number of aliphatic hydroxyl groups is 1. The molecule has 0 saturated heterocycles. The highest BCUT2D eigenvalue weighted by atomic mass is 35.5. The maximum atomic E-state index is 8.87. The molecule has 70 valence electrons. The first-order valence-corrected chi connectivity index (χ1v) is 3.51. The summed E-state index contributed by atoms with van der Waals surface area (Å²) in [4.78, 5) is 1.97. The van der Waals surface area contributed by atoms with Crippen molar-refractivity contribution < 1.29 is 5.11 Å². The fourth-order valence-electron chi connectivity index (χ4n) is 0.827.